The normalized spacial score (nSPS) is 14.5. The smallest absolute Gasteiger partial charge is 0.408 e. The maximum atomic E-state index is 13.0. The third-order valence-corrected chi connectivity index (χ3v) is 4.00. The molecular formula is C20H28N2O4. The molecule has 0 aliphatic heterocycles. The van der Waals surface area contributed by atoms with E-state index in [1.54, 1.807) is 58.9 Å². The summed E-state index contributed by atoms with van der Waals surface area (Å²) in [5.74, 6) is 0.0690. The highest BCUT2D eigenvalue weighted by atomic mass is 16.6. The van der Waals surface area contributed by atoms with E-state index in [0.717, 1.165) is 12.8 Å². The van der Waals surface area contributed by atoms with Gasteiger partial charge in [-0.3, -0.25) is 9.59 Å². The Hall–Kier alpha value is -2.37. The Bertz CT molecular complexity index is 700. The summed E-state index contributed by atoms with van der Waals surface area (Å²) in [6.07, 6.45) is 1.98. The minimum Gasteiger partial charge on any atom is -0.444 e. The molecule has 1 fully saturated rings. The molecule has 0 radical (unpaired) electrons. The second kappa shape index (κ2) is 7.48. The number of rotatable bonds is 6. The van der Waals surface area contributed by atoms with Crippen LogP contribution in [0.3, 0.4) is 0 Å². The number of hydrogen-bond donors (Lipinski definition) is 2. The summed E-state index contributed by atoms with van der Waals surface area (Å²) in [7, 11) is 0. The summed E-state index contributed by atoms with van der Waals surface area (Å²) < 4.78 is 5.23. The lowest BCUT2D eigenvalue weighted by molar-refractivity contribution is -0.116. The predicted octanol–water partition coefficient (Wildman–Crippen LogP) is 3.91. The zero-order chi connectivity index (χ0) is 19.5. The number of hydrogen-bond acceptors (Lipinski definition) is 4. The SMILES string of the molecule is CC(C)(C)OC(=O)NC(C)(C)C(=O)c1ccccc1NC(=O)CC1CC1. The molecule has 1 aromatic carbocycles. The van der Waals surface area contributed by atoms with Gasteiger partial charge < -0.3 is 15.4 Å². The van der Waals surface area contributed by atoms with Crippen LogP contribution in [0.15, 0.2) is 24.3 Å². The molecule has 142 valence electrons. The topological polar surface area (TPSA) is 84.5 Å². The van der Waals surface area contributed by atoms with Gasteiger partial charge in [-0.1, -0.05) is 12.1 Å². The number of ketones is 1. The van der Waals surface area contributed by atoms with E-state index >= 15 is 0 Å². The van der Waals surface area contributed by atoms with Gasteiger partial charge in [0, 0.05) is 12.0 Å². The molecule has 2 rings (SSSR count). The molecule has 0 bridgehead atoms. The zero-order valence-electron chi connectivity index (χ0n) is 16.1. The Morgan fingerprint density at radius 2 is 1.69 bits per heavy atom. The van der Waals surface area contributed by atoms with E-state index in [4.69, 9.17) is 4.74 Å². The predicted molar refractivity (Wildman–Crippen MR) is 100 cm³/mol. The van der Waals surface area contributed by atoms with Gasteiger partial charge in [-0.05, 0) is 65.5 Å². The van der Waals surface area contributed by atoms with Crippen LogP contribution in [0.5, 0.6) is 0 Å². The maximum Gasteiger partial charge on any atom is 0.408 e. The number of anilines is 1. The van der Waals surface area contributed by atoms with E-state index < -0.39 is 17.2 Å². The molecule has 1 aliphatic carbocycles. The van der Waals surface area contributed by atoms with E-state index in [0.29, 0.717) is 23.6 Å². The van der Waals surface area contributed by atoms with Crippen molar-refractivity contribution in [2.45, 2.75) is 65.0 Å². The highest BCUT2D eigenvalue weighted by molar-refractivity contribution is 6.10. The molecule has 1 aliphatic rings. The van der Waals surface area contributed by atoms with Crippen LogP contribution >= 0.6 is 0 Å². The van der Waals surface area contributed by atoms with Gasteiger partial charge >= 0.3 is 6.09 Å². The minimum absolute atomic E-state index is 0.0920. The number of alkyl carbamates (subject to hydrolysis) is 1. The van der Waals surface area contributed by atoms with Crippen LogP contribution in [0.4, 0.5) is 10.5 Å². The van der Waals surface area contributed by atoms with Crippen LogP contribution in [-0.2, 0) is 9.53 Å². The number of Topliss-reactive ketones (excluding diaryl/α,β-unsaturated/α-hetero) is 1. The highest BCUT2D eigenvalue weighted by Gasteiger charge is 2.34. The van der Waals surface area contributed by atoms with Crippen molar-refractivity contribution in [2.24, 2.45) is 5.92 Å². The fourth-order valence-corrected chi connectivity index (χ4v) is 2.53. The van der Waals surface area contributed by atoms with Gasteiger partial charge in [0.05, 0.1) is 5.69 Å². The number of para-hydroxylation sites is 1. The number of ether oxygens (including phenoxy) is 1. The van der Waals surface area contributed by atoms with Crippen LogP contribution in [0.2, 0.25) is 0 Å². The van der Waals surface area contributed by atoms with Crippen molar-refractivity contribution in [1.82, 2.24) is 5.32 Å². The van der Waals surface area contributed by atoms with Crippen LogP contribution in [-0.4, -0.2) is 28.9 Å². The molecule has 26 heavy (non-hydrogen) atoms. The first-order valence-corrected chi connectivity index (χ1v) is 8.93. The molecule has 2 amide bonds. The molecule has 1 saturated carbocycles. The van der Waals surface area contributed by atoms with Crippen LogP contribution in [0, 0.1) is 5.92 Å². The summed E-state index contributed by atoms with van der Waals surface area (Å²) in [5, 5.41) is 5.43. The van der Waals surface area contributed by atoms with Gasteiger partial charge in [-0.15, -0.1) is 0 Å². The molecule has 6 heteroatoms. The molecule has 0 unspecified atom stereocenters. The van der Waals surface area contributed by atoms with E-state index in [2.05, 4.69) is 10.6 Å². The third kappa shape index (κ3) is 5.86. The Morgan fingerprint density at radius 3 is 2.27 bits per heavy atom. The van der Waals surface area contributed by atoms with Crippen LogP contribution < -0.4 is 10.6 Å². The summed E-state index contributed by atoms with van der Waals surface area (Å²) in [6, 6.07) is 6.83. The zero-order valence-corrected chi connectivity index (χ0v) is 16.1. The molecule has 1 aromatic rings. The number of amides is 2. The van der Waals surface area contributed by atoms with Crippen molar-refractivity contribution >= 4 is 23.5 Å². The molecule has 0 saturated heterocycles. The maximum absolute atomic E-state index is 13.0. The summed E-state index contributed by atoms with van der Waals surface area (Å²) in [6.45, 7) is 8.49. The molecular weight excluding hydrogens is 332 g/mol. The van der Waals surface area contributed by atoms with Gasteiger partial charge in [0.2, 0.25) is 5.91 Å². The van der Waals surface area contributed by atoms with Crippen molar-refractivity contribution in [1.29, 1.82) is 0 Å². The third-order valence-electron chi connectivity index (χ3n) is 4.00. The van der Waals surface area contributed by atoms with Gasteiger partial charge in [0.1, 0.15) is 11.1 Å². The lowest BCUT2D eigenvalue weighted by atomic mass is 9.92. The molecule has 0 aromatic heterocycles. The van der Waals surface area contributed by atoms with Crippen molar-refractivity contribution < 1.29 is 19.1 Å². The fraction of sp³-hybridized carbons (Fsp3) is 0.550. The first-order valence-electron chi connectivity index (χ1n) is 8.93. The first-order chi connectivity index (χ1) is 12.0. The van der Waals surface area contributed by atoms with E-state index in [1.807, 2.05) is 0 Å². The highest BCUT2D eigenvalue weighted by Crippen LogP contribution is 2.33. The Balaban J connectivity index is 2.11. The summed E-state index contributed by atoms with van der Waals surface area (Å²) >= 11 is 0. The van der Waals surface area contributed by atoms with Gasteiger partial charge in [0.15, 0.2) is 5.78 Å². The Kier molecular flexibility index (Phi) is 5.74. The average Bonchev–Trinajstić information content (AvgIpc) is 3.28. The number of carbonyl (C=O) groups excluding carboxylic acids is 3. The minimum atomic E-state index is -1.18. The van der Waals surface area contributed by atoms with E-state index in [1.165, 1.54) is 0 Å². The number of benzene rings is 1. The number of carbonyl (C=O) groups is 3. The molecule has 0 spiro atoms. The molecule has 6 nitrogen and oxygen atoms in total. The lowest BCUT2D eigenvalue weighted by Crippen LogP contribution is -2.51. The number of nitrogens with one attached hydrogen (secondary N) is 2. The second-order valence-corrected chi connectivity index (χ2v) is 8.32. The van der Waals surface area contributed by atoms with Crippen molar-refractivity contribution in [2.75, 3.05) is 5.32 Å². The molecule has 0 heterocycles. The monoisotopic (exact) mass is 360 g/mol. The first kappa shape index (κ1) is 19.9. The van der Waals surface area contributed by atoms with Crippen molar-refractivity contribution in [3.8, 4) is 0 Å². The second-order valence-electron chi connectivity index (χ2n) is 8.32. The van der Waals surface area contributed by atoms with E-state index in [9.17, 15) is 14.4 Å². The molecule has 0 atom stereocenters. The largest absolute Gasteiger partial charge is 0.444 e. The Morgan fingerprint density at radius 1 is 1.08 bits per heavy atom. The quantitative estimate of drug-likeness (QED) is 0.753. The van der Waals surface area contributed by atoms with Gasteiger partial charge in [0.25, 0.3) is 0 Å². The standard InChI is InChI=1S/C20H28N2O4/c1-19(2,3)26-18(25)22-20(4,5)17(24)14-8-6-7-9-15(14)21-16(23)12-13-10-11-13/h6-9,13H,10-12H2,1-5H3,(H,21,23)(H,22,25). The van der Waals surface area contributed by atoms with Gasteiger partial charge in [-0.2, -0.15) is 0 Å². The molecule has 2 N–H and O–H groups in total. The van der Waals surface area contributed by atoms with E-state index in [-0.39, 0.29) is 11.7 Å². The van der Waals surface area contributed by atoms with Crippen LogP contribution in [0.1, 0.15) is 64.2 Å². The van der Waals surface area contributed by atoms with Crippen molar-refractivity contribution in [3.05, 3.63) is 29.8 Å². The van der Waals surface area contributed by atoms with Crippen molar-refractivity contribution in [3.63, 3.8) is 0 Å². The Labute approximate surface area is 154 Å². The van der Waals surface area contributed by atoms with Crippen LogP contribution in [0.25, 0.3) is 0 Å². The fourth-order valence-electron chi connectivity index (χ4n) is 2.53. The summed E-state index contributed by atoms with van der Waals surface area (Å²) in [4.78, 5) is 37.1. The van der Waals surface area contributed by atoms with Gasteiger partial charge in [-0.25, -0.2) is 4.79 Å². The lowest BCUT2D eigenvalue weighted by Gasteiger charge is -2.28. The average molecular weight is 360 g/mol. The summed E-state index contributed by atoms with van der Waals surface area (Å²) in [5.41, 5.74) is -1.02.